The van der Waals surface area contributed by atoms with E-state index in [0.29, 0.717) is 0 Å². The van der Waals surface area contributed by atoms with Crippen molar-refractivity contribution in [3.8, 4) is 33.9 Å². The zero-order chi connectivity index (χ0) is 23.1. The number of nitrogens with zero attached hydrogens (tertiary/aromatic N) is 5. The van der Waals surface area contributed by atoms with Crippen molar-refractivity contribution in [3.05, 3.63) is 115 Å². The number of hydrogen-bond donors (Lipinski definition) is 0. The summed E-state index contributed by atoms with van der Waals surface area (Å²) in [7, 11) is 0. The second-order valence-corrected chi connectivity index (χ2v) is 8.39. The largest absolute Gasteiger partial charge is 0.318 e. The molecule has 4 aromatic carbocycles. The van der Waals surface area contributed by atoms with Crippen LogP contribution in [0.15, 0.2) is 97.6 Å². The van der Waals surface area contributed by atoms with Crippen LogP contribution in [-0.2, 0) is 20.1 Å². The molecule has 0 aliphatic carbocycles. The number of hydrogen-bond acceptors (Lipinski definition) is 3. The van der Waals surface area contributed by atoms with Crippen molar-refractivity contribution >= 4 is 11.0 Å². The Hall–Kier alpha value is -3.86. The number of rotatable bonds is 4. The van der Waals surface area contributed by atoms with Gasteiger partial charge in [-0.3, -0.25) is 14.6 Å². The van der Waals surface area contributed by atoms with Gasteiger partial charge in [-0.05, 0) is 65.9 Å². The number of aromatic nitrogens is 5. The van der Waals surface area contributed by atoms with Gasteiger partial charge in [0.1, 0.15) is 6.33 Å². The maximum atomic E-state index is 4.61. The van der Waals surface area contributed by atoms with Gasteiger partial charge >= 0.3 is 0 Å². The minimum absolute atomic E-state index is 0. The van der Waals surface area contributed by atoms with E-state index in [1.54, 1.807) is 6.33 Å². The van der Waals surface area contributed by atoms with Crippen LogP contribution in [0.1, 0.15) is 11.1 Å². The smallest absolute Gasteiger partial charge is 0.127 e. The first-order chi connectivity index (χ1) is 16.7. The summed E-state index contributed by atoms with van der Waals surface area (Å²) in [6.45, 7) is 4.25. The number of aryl methyl sites for hydroxylation is 2. The van der Waals surface area contributed by atoms with Gasteiger partial charge in [-0.1, -0.05) is 48.5 Å². The Bertz CT molecular complexity index is 1590. The summed E-state index contributed by atoms with van der Waals surface area (Å²) >= 11 is 0. The van der Waals surface area contributed by atoms with Gasteiger partial charge in [-0.25, -0.2) is 0 Å². The molecule has 5 nitrogen and oxygen atoms in total. The van der Waals surface area contributed by atoms with Gasteiger partial charge in [0.2, 0.25) is 0 Å². The predicted octanol–water partition coefficient (Wildman–Crippen LogP) is 6.35. The molecule has 6 aromatic rings. The molecular formula is C29H22IrN5-. The summed E-state index contributed by atoms with van der Waals surface area (Å²) < 4.78 is 4.00. The van der Waals surface area contributed by atoms with E-state index in [9.17, 15) is 0 Å². The molecule has 35 heavy (non-hydrogen) atoms. The number of fused-ring (bicyclic) bond motifs is 1. The van der Waals surface area contributed by atoms with Crippen LogP contribution in [0.25, 0.3) is 44.9 Å². The second-order valence-electron chi connectivity index (χ2n) is 8.39. The van der Waals surface area contributed by atoms with Crippen LogP contribution in [0.3, 0.4) is 0 Å². The molecule has 6 heteroatoms. The maximum absolute atomic E-state index is 4.61. The van der Waals surface area contributed by atoms with Crippen LogP contribution in [0.4, 0.5) is 0 Å². The van der Waals surface area contributed by atoms with Gasteiger partial charge in [0, 0.05) is 31.3 Å². The molecule has 0 saturated heterocycles. The molecule has 0 N–H and O–H groups in total. The van der Waals surface area contributed by atoms with Crippen molar-refractivity contribution in [1.82, 2.24) is 24.3 Å². The average molecular weight is 633 g/mol. The van der Waals surface area contributed by atoms with Crippen molar-refractivity contribution < 1.29 is 20.1 Å². The summed E-state index contributed by atoms with van der Waals surface area (Å²) in [6.07, 6.45) is 3.45. The molecule has 0 unspecified atom stereocenters. The van der Waals surface area contributed by atoms with Crippen LogP contribution < -0.4 is 0 Å². The zero-order valence-electron chi connectivity index (χ0n) is 19.3. The van der Waals surface area contributed by atoms with Crippen LogP contribution in [-0.4, -0.2) is 24.3 Å². The Morgan fingerprint density at radius 1 is 0.771 bits per heavy atom. The monoisotopic (exact) mass is 633 g/mol. The van der Waals surface area contributed by atoms with E-state index in [0.717, 1.165) is 44.9 Å². The molecular weight excluding hydrogens is 611 g/mol. The zero-order valence-corrected chi connectivity index (χ0v) is 21.7. The maximum Gasteiger partial charge on any atom is 0.127 e. The minimum atomic E-state index is 0. The number of para-hydroxylation sites is 1. The fourth-order valence-corrected chi connectivity index (χ4v) is 4.55. The van der Waals surface area contributed by atoms with Crippen molar-refractivity contribution in [2.75, 3.05) is 0 Å². The van der Waals surface area contributed by atoms with Gasteiger partial charge in [-0.15, -0.1) is 23.8 Å². The average Bonchev–Trinajstić information content (AvgIpc) is 3.52. The molecule has 0 aliphatic heterocycles. The summed E-state index contributed by atoms with van der Waals surface area (Å²) in [5.41, 5.74) is 9.54. The van der Waals surface area contributed by atoms with Gasteiger partial charge < -0.3 is 4.57 Å². The Balaban J connectivity index is 0.00000253. The third kappa shape index (κ3) is 4.12. The van der Waals surface area contributed by atoms with Crippen LogP contribution in [0, 0.1) is 19.9 Å². The Morgan fingerprint density at radius 3 is 2.17 bits per heavy atom. The van der Waals surface area contributed by atoms with Crippen molar-refractivity contribution in [1.29, 1.82) is 0 Å². The molecule has 0 aliphatic rings. The van der Waals surface area contributed by atoms with Gasteiger partial charge in [0.15, 0.2) is 0 Å². The fourth-order valence-electron chi connectivity index (χ4n) is 4.55. The summed E-state index contributed by atoms with van der Waals surface area (Å²) in [5.74, 6) is 0.751. The molecule has 2 aromatic heterocycles. The van der Waals surface area contributed by atoms with E-state index >= 15 is 0 Å². The predicted molar refractivity (Wildman–Crippen MR) is 135 cm³/mol. The number of benzene rings is 4. The first kappa shape index (κ1) is 22.9. The van der Waals surface area contributed by atoms with Crippen LogP contribution in [0.5, 0.6) is 0 Å². The summed E-state index contributed by atoms with van der Waals surface area (Å²) in [6, 6.07) is 32.4. The third-order valence-corrected chi connectivity index (χ3v) is 6.11. The molecule has 0 bridgehead atoms. The van der Waals surface area contributed by atoms with E-state index in [1.807, 2.05) is 41.3 Å². The Morgan fingerprint density at radius 2 is 1.46 bits per heavy atom. The number of imidazole rings is 1. The molecule has 0 spiro atoms. The standard InChI is InChI=1S/C29H22N5.Ir/c1-20-15-24(22-9-5-3-6-10-22)16-21(2)28(20)34-29(30-18-32-34)23-13-14-26-27(17-23)33(19-31-26)25-11-7-4-8-12-25;/h3-12,14-19H,1-2H3;/q-1;. The van der Waals surface area contributed by atoms with E-state index in [2.05, 4.69) is 94.1 Å². The molecule has 1 radical (unpaired) electrons. The van der Waals surface area contributed by atoms with Crippen molar-refractivity contribution in [2.24, 2.45) is 0 Å². The molecule has 2 heterocycles. The topological polar surface area (TPSA) is 48.5 Å². The van der Waals surface area contributed by atoms with Gasteiger partial charge in [0.05, 0.1) is 17.8 Å². The van der Waals surface area contributed by atoms with Gasteiger partial charge in [0.25, 0.3) is 0 Å². The minimum Gasteiger partial charge on any atom is -0.318 e. The normalized spacial score (nSPS) is 10.9. The quantitative estimate of drug-likeness (QED) is 0.213. The molecule has 0 atom stereocenters. The van der Waals surface area contributed by atoms with Crippen molar-refractivity contribution in [2.45, 2.75) is 13.8 Å². The van der Waals surface area contributed by atoms with E-state index in [-0.39, 0.29) is 20.1 Å². The first-order valence-corrected chi connectivity index (χ1v) is 11.2. The van der Waals surface area contributed by atoms with E-state index in [4.69, 9.17) is 0 Å². The molecule has 173 valence electrons. The van der Waals surface area contributed by atoms with Crippen molar-refractivity contribution in [3.63, 3.8) is 0 Å². The Labute approximate surface area is 217 Å². The van der Waals surface area contributed by atoms with Crippen LogP contribution >= 0.6 is 0 Å². The van der Waals surface area contributed by atoms with E-state index < -0.39 is 0 Å². The SMILES string of the molecule is Cc1cc(-c2ccccc2)cc(C)c1-n1ncnc1-c1[c-]cc2ncn(-c3ccccc3)c2c1.[Ir]. The first-order valence-electron chi connectivity index (χ1n) is 11.2. The summed E-state index contributed by atoms with van der Waals surface area (Å²) in [4.78, 5) is 9.16. The molecule has 0 fully saturated rings. The second kappa shape index (κ2) is 9.41. The Kier molecular flexibility index (Phi) is 6.16. The van der Waals surface area contributed by atoms with Crippen LogP contribution in [0.2, 0.25) is 0 Å². The summed E-state index contributed by atoms with van der Waals surface area (Å²) in [5, 5.41) is 4.60. The third-order valence-electron chi connectivity index (χ3n) is 6.11. The molecule has 6 rings (SSSR count). The van der Waals surface area contributed by atoms with E-state index in [1.165, 1.54) is 11.1 Å². The molecule has 0 saturated carbocycles. The molecule has 0 amide bonds. The van der Waals surface area contributed by atoms with Gasteiger partial charge in [-0.2, -0.15) is 5.10 Å². The fraction of sp³-hybridized carbons (Fsp3) is 0.0690.